The van der Waals surface area contributed by atoms with Gasteiger partial charge in [-0.15, -0.1) is 0 Å². The molecule has 76 valence electrons. The van der Waals surface area contributed by atoms with E-state index in [1.165, 1.54) is 0 Å². The SMILES string of the molecule is OCC[N]c1ccc([N]CCO)cc1. The Morgan fingerprint density at radius 1 is 0.786 bits per heavy atom. The van der Waals surface area contributed by atoms with Gasteiger partial charge in [0.15, 0.2) is 0 Å². The molecule has 4 heteroatoms. The molecule has 0 fully saturated rings. The van der Waals surface area contributed by atoms with Crippen molar-refractivity contribution in [1.82, 2.24) is 10.6 Å². The zero-order chi connectivity index (χ0) is 10.2. The molecule has 0 saturated heterocycles. The third-order valence-electron chi connectivity index (χ3n) is 1.64. The van der Waals surface area contributed by atoms with Gasteiger partial charge in [-0.25, -0.2) is 0 Å². The Kier molecular flexibility index (Phi) is 4.82. The second-order valence-electron chi connectivity index (χ2n) is 2.73. The Morgan fingerprint density at radius 2 is 1.14 bits per heavy atom. The molecule has 0 heterocycles. The highest BCUT2D eigenvalue weighted by molar-refractivity contribution is 5.46. The van der Waals surface area contributed by atoms with Gasteiger partial charge < -0.3 is 10.2 Å². The molecular formula is C10H14N2O2. The van der Waals surface area contributed by atoms with Gasteiger partial charge in [-0.3, -0.25) is 10.6 Å². The highest BCUT2D eigenvalue weighted by atomic mass is 16.3. The molecule has 0 amide bonds. The fraction of sp³-hybridized carbons (Fsp3) is 0.400. The van der Waals surface area contributed by atoms with Crippen LogP contribution in [0.15, 0.2) is 24.3 Å². The van der Waals surface area contributed by atoms with E-state index in [9.17, 15) is 0 Å². The maximum absolute atomic E-state index is 8.56. The minimum absolute atomic E-state index is 0.0661. The highest BCUT2D eigenvalue weighted by Gasteiger charge is 1.95. The van der Waals surface area contributed by atoms with Gasteiger partial charge in [0, 0.05) is 0 Å². The van der Waals surface area contributed by atoms with Crippen LogP contribution in [0.25, 0.3) is 0 Å². The lowest BCUT2D eigenvalue weighted by molar-refractivity contribution is 0.297. The molecule has 0 aromatic heterocycles. The predicted octanol–water partition coefficient (Wildman–Crippen LogP) is 0.143. The Labute approximate surface area is 83.6 Å². The van der Waals surface area contributed by atoms with Crippen LogP contribution in [0.3, 0.4) is 0 Å². The van der Waals surface area contributed by atoms with E-state index in [0.29, 0.717) is 13.1 Å². The summed E-state index contributed by atoms with van der Waals surface area (Å²) in [5.41, 5.74) is 1.67. The van der Waals surface area contributed by atoms with Crippen molar-refractivity contribution in [3.05, 3.63) is 24.3 Å². The first kappa shape index (κ1) is 10.8. The summed E-state index contributed by atoms with van der Waals surface area (Å²) in [7, 11) is 0. The zero-order valence-electron chi connectivity index (χ0n) is 7.93. The first-order valence-corrected chi connectivity index (χ1v) is 4.53. The van der Waals surface area contributed by atoms with Crippen LogP contribution in [0.2, 0.25) is 0 Å². The first-order chi connectivity index (χ1) is 6.86. The Balaban J connectivity index is 2.42. The molecule has 1 rings (SSSR count). The fourth-order valence-electron chi connectivity index (χ4n) is 1.02. The minimum Gasteiger partial charge on any atom is -0.394 e. The molecule has 0 aliphatic carbocycles. The number of hydrogen-bond acceptors (Lipinski definition) is 2. The van der Waals surface area contributed by atoms with E-state index < -0.39 is 0 Å². The fourth-order valence-corrected chi connectivity index (χ4v) is 1.02. The molecule has 4 nitrogen and oxygen atoms in total. The number of nitrogens with zero attached hydrogens (tertiary/aromatic N) is 2. The highest BCUT2D eigenvalue weighted by Crippen LogP contribution is 2.12. The van der Waals surface area contributed by atoms with Crippen LogP contribution in [0.5, 0.6) is 0 Å². The van der Waals surface area contributed by atoms with Gasteiger partial charge in [-0.05, 0) is 24.3 Å². The van der Waals surface area contributed by atoms with Crippen molar-refractivity contribution in [3.63, 3.8) is 0 Å². The minimum atomic E-state index is 0.0661. The molecule has 14 heavy (non-hydrogen) atoms. The lowest BCUT2D eigenvalue weighted by atomic mass is 10.3. The molecule has 0 atom stereocenters. The van der Waals surface area contributed by atoms with E-state index in [4.69, 9.17) is 10.2 Å². The molecule has 0 bridgehead atoms. The van der Waals surface area contributed by atoms with Crippen molar-refractivity contribution in [1.29, 1.82) is 0 Å². The van der Waals surface area contributed by atoms with Gasteiger partial charge in [0.1, 0.15) is 0 Å². The second-order valence-corrected chi connectivity index (χ2v) is 2.73. The monoisotopic (exact) mass is 194 g/mol. The van der Waals surface area contributed by atoms with Crippen LogP contribution in [0.1, 0.15) is 0 Å². The molecule has 1 aromatic carbocycles. The van der Waals surface area contributed by atoms with Crippen molar-refractivity contribution in [2.45, 2.75) is 0 Å². The van der Waals surface area contributed by atoms with Crippen LogP contribution in [0, 0.1) is 0 Å². The zero-order valence-corrected chi connectivity index (χ0v) is 7.93. The van der Waals surface area contributed by atoms with Gasteiger partial charge >= 0.3 is 0 Å². The van der Waals surface area contributed by atoms with E-state index in [0.717, 1.165) is 11.4 Å². The summed E-state index contributed by atoms with van der Waals surface area (Å²) in [6, 6.07) is 7.36. The predicted molar refractivity (Wildman–Crippen MR) is 53.9 cm³/mol. The van der Waals surface area contributed by atoms with E-state index >= 15 is 0 Å². The average Bonchev–Trinajstić information content (AvgIpc) is 2.25. The molecule has 0 aliphatic heterocycles. The average molecular weight is 194 g/mol. The van der Waals surface area contributed by atoms with E-state index in [2.05, 4.69) is 10.6 Å². The Morgan fingerprint density at radius 3 is 1.43 bits per heavy atom. The third kappa shape index (κ3) is 3.64. The maximum Gasteiger partial charge on any atom is 0.0628 e. The Hall–Kier alpha value is -1.26. The largest absolute Gasteiger partial charge is 0.394 e. The van der Waals surface area contributed by atoms with Crippen molar-refractivity contribution in [2.75, 3.05) is 26.3 Å². The van der Waals surface area contributed by atoms with Crippen molar-refractivity contribution in [3.8, 4) is 0 Å². The molecule has 0 spiro atoms. The van der Waals surface area contributed by atoms with Crippen LogP contribution >= 0.6 is 0 Å². The Bertz CT molecular complexity index is 222. The maximum atomic E-state index is 8.56. The molecule has 2 N–H and O–H groups in total. The smallest absolute Gasteiger partial charge is 0.0628 e. The van der Waals surface area contributed by atoms with Crippen molar-refractivity contribution < 1.29 is 10.2 Å². The number of aliphatic hydroxyl groups excluding tert-OH is 2. The quantitative estimate of drug-likeness (QED) is 0.676. The standard InChI is InChI=1S/C10H14N2O2/c13-7-5-11-9-1-2-10(4-3-9)12-6-8-14/h1-4,13-14H,5-8H2. The second kappa shape index (κ2) is 6.23. The van der Waals surface area contributed by atoms with Crippen LogP contribution in [-0.2, 0) is 0 Å². The lowest BCUT2D eigenvalue weighted by Crippen LogP contribution is -2.05. The van der Waals surface area contributed by atoms with Gasteiger partial charge in [0.05, 0.1) is 37.7 Å². The summed E-state index contributed by atoms with van der Waals surface area (Å²) >= 11 is 0. The van der Waals surface area contributed by atoms with Crippen LogP contribution in [-0.4, -0.2) is 36.5 Å². The summed E-state index contributed by atoms with van der Waals surface area (Å²) in [4.78, 5) is 0. The third-order valence-corrected chi connectivity index (χ3v) is 1.64. The summed E-state index contributed by atoms with van der Waals surface area (Å²) in [6.45, 7) is 0.980. The van der Waals surface area contributed by atoms with Gasteiger partial charge in [-0.1, -0.05) is 0 Å². The van der Waals surface area contributed by atoms with E-state index in [1.807, 2.05) is 24.3 Å². The van der Waals surface area contributed by atoms with Crippen LogP contribution in [0.4, 0.5) is 11.4 Å². The molecule has 0 saturated carbocycles. The van der Waals surface area contributed by atoms with E-state index in [-0.39, 0.29) is 13.2 Å². The summed E-state index contributed by atoms with van der Waals surface area (Å²) in [5, 5.41) is 25.3. The number of aliphatic hydroxyl groups is 2. The first-order valence-electron chi connectivity index (χ1n) is 4.53. The summed E-state index contributed by atoms with van der Waals surface area (Å²) in [5.74, 6) is 0. The number of hydrogen-bond donors (Lipinski definition) is 2. The molecule has 1 aromatic rings. The van der Waals surface area contributed by atoms with Crippen molar-refractivity contribution in [2.24, 2.45) is 0 Å². The van der Waals surface area contributed by atoms with Crippen molar-refractivity contribution >= 4 is 11.4 Å². The molecular weight excluding hydrogens is 180 g/mol. The topological polar surface area (TPSA) is 68.7 Å². The number of benzene rings is 1. The van der Waals surface area contributed by atoms with Crippen LogP contribution < -0.4 is 10.6 Å². The van der Waals surface area contributed by atoms with E-state index in [1.54, 1.807) is 0 Å². The van der Waals surface area contributed by atoms with Gasteiger partial charge in [0.2, 0.25) is 0 Å². The van der Waals surface area contributed by atoms with Gasteiger partial charge in [-0.2, -0.15) is 0 Å². The molecule has 0 unspecified atom stereocenters. The summed E-state index contributed by atoms with van der Waals surface area (Å²) < 4.78 is 0. The lowest BCUT2D eigenvalue weighted by Gasteiger charge is -2.03. The normalized spacial score (nSPS) is 9.86. The van der Waals surface area contributed by atoms with Gasteiger partial charge in [0.25, 0.3) is 0 Å². The number of rotatable bonds is 6. The molecule has 2 radical (unpaired) electrons. The summed E-state index contributed by atoms with van der Waals surface area (Å²) in [6.07, 6.45) is 0. The molecule has 0 aliphatic rings.